The first-order valence-corrected chi connectivity index (χ1v) is 12.9. The lowest BCUT2D eigenvalue weighted by atomic mass is 10.1. The molecule has 1 N–H and O–H groups in total. The van der Waals surface area contributed by atoms with Gasteiger partial charge >= 0.3 is 6.03 Å². The molecule has 0 bridgehead atoms. The highest BCUT2D eigenvalue weighted by Gasteiger charge is 2.37. The number of hydrogen-bond donors (Lipinski definition) is 1. The number of amides is 4. The summed E-state index contributed by atoms with van der Waals surface area (Å²) in [5.41, 5.74) is 1.72. The molecular formula is C28H20IN3O7. The van der Waals surface area contributed by atoms with Gasteiger partial charge in [-0.2, -0.15) is 5.26 Å². The molecular weight excluding hydrogens is 617 g/mol. The van der Waals surface area contributed by atoms with E-state index in [0.29, 0.717) is 44.3 Å². The first-order chi connectivity index (χ1) is 18.9. The molecule has 1 saturated heterocycles. The fourth-order valence-corrected chi connectivity index (χ4v) is 4.84. The highest BCUT2D eigenvalue weighted by Crippen LogP contribution is 2.38. The summed E-state index contributed by atoms with van der Waals surface area (Å²) in [5, 5.41) is 11.6. The molecule has 0 aliphatic carbocycles. The Balaban J connectivity index is 1.46. The molecule has 11 heteroatoms. The maximum atomic E-state index is 13.4. The number of benzene rings is 3. The maximum Gasteiger partial charge on any atom is 0.335 e. The third-order valence-electron chi connectivity index (χ3n) is 5.87. The van der Waals surface area contributed by atoms with Crippen LogP contribution in [0, 0.1) is 14.9 Å². The summed E-state index contributed by atoms with van der Waals surface area (Å²) in [7, 11) is 0. The summed E-state index contributed by atoms with van der Waals surface area (Å²) in [5.74, 6) is 0.140. The van der Waals surface area contributed by atoms with Crippen molar-refractivity contribution >= 4 is 52.2 Å². The van der Waals surface area contributed by atoms with E-state index >= 15 is 0 Å². The number of imide groups is 2. The van der Waals surface area contributed by atoms with Gasteiger partial charge in [0.2, 0.25) is 6.79 Å². The normalized spacial score (nSPS) is 15.3. The minimum Gasteiger partial charge on any atom is -0.490 e. The number of anilines is 1. The van der Waals surface area contributed by atoms with E-state index in [9.17, 15) is 19.6 Å². The molecule has 3 aromatic rings. The summed E-state index contributed by atoms with van der Waals surface area (Å²) in [6, 6.07) is 16.4. The third-order valence-corrected chi connectivity index (χ3v) is 6.67. The van der Waals surface area contributed by atoms with Gasteiger partial charge in [0.15, 0.2) is 23.0 Å². The van der Waals surface area contributed by atoms with E-state index in [1.165, 1.54) is 18.2 Å². The van der Waals surface area contributed by atoms with Gasteiger partial charge in [-0.3, -0.25) is 14.9 Å². The molecule has 0 radical (unpaired) electrons. The van der Waals surface area contributed by atoms with E-state index in [2.05, 4.69) is 34.0 Å². The second kappa shape index (κ2) is 11.0. The van der Waals surface area contributed by atoms with E-state index in [-0.39, 0.29) is 24.7 Å². The zero-order valence-corrected chi connectivity index (χ0v) is 22.7. The third kappa shape index (κ3) is 5.23. The zero-order valence-electron chi connectivity index (χ0n) is 20.5. The van der Waals surface area contributed by atoms with Crippen LogP contribution in [0.1, 0.15) is 23.6 Å². The van der Waals surface area contributed by atoms with Gasteiger partial charge in [-0.1, -0.05) is 18.2 Å². The van der Waals surface area contributed by atoms with E-state index in [1.807, 2.05) is 19.1 Å². The van der Waals surface area contributed by atoms with E-state index in [1.54, 1.807) is 30.3 Å². The second-order valence-corrected chi connectivity index (χ2v) is 9.48. The number of urea groups is 1. The van der Waals surface area contributed by atoms with Gasteiger partial charge in [-0.05, 0) is 71.5 Å². The van der Waals surface area contributed by atoms with Crippen LogP contribution in [0.2, 0.25) is 0 Å². The molecule has 2 aliphatic rings. The smallest absolute Gasteiger partial charge is 0.335 e. The number of rotatable bonds is 7. The molecule has 5 rings (SSSR count). The number of halogens is 1. The van der Waals surface area contributed by atoms with Crippen LogP contribution in [-0.4, -0.2) is 31.2 Å². The molecule has 2 heterocycles. The van der Waals surface area contributed by atoms with Gasteiger partial charge in [-0.15, -0.1) is 0 Å². The summed E-state index contributed by atoms with van der Waals surface area (Å²) < 4.78 is 23.1. The second-order valence-electron chi connectivity index (χ2n) is 8.32. The largest absolute Gasteiger partial charge is 0.490 e. The zero-order chi connectivity index (χ0) is 27.5. The van der Waals surface area contributed by atoms with Crippen molar-refractivity contribution in [2.75, 3.05) is 18.3 Å². The van der Waals surface area contributed by atoms with Crippen LogP contribution in [-0.2, 0) is 16.2 Å². The first-order valence-electron chi connectivity index (χ1n) is 11.8. The Bertz CT molecular complexity index is 1580. The van der Waals surface area contributed by atoms with Crippen molar-refractivity contribution in [3.05, 3.63) is 80.4 Å². The highest BCUT2D eigenvalue weighted by molar-refractivity contribution is 14.1. The van der Waals surface area contributed by atoms with Gasteiger partial charge in [0, 0.05) is 11.6 Å². The molecule has 3 aromatic carbocycles. The predicted molar refractivity (Wildman–Crippen MR) is 147 cm³/mol. The molecule has 196 valence electrons. The lowest BCUT2D eigenvalue weighted by Gasteiger charge is -2.26. The minimum atomic E-state index is -0.869. The topological polar surface area (TPSA) is 127 Å². The monoisotopic (exact) mass is 637 g/mol. The number of carbonyl (C=O) groups is 3. The van der Waals surface area contributed by atoms with Gasteiger partial charge < -0.3 is 18.9 Å². The van der Waals surface area contributed by atoms with Crippen molar-refractivity contribution < 1.29 is 33.3 Å². The summed E-state index contributed by atoms with van der Waals surface area (Å²) in [6.45, 7) is 2.34. The maximum absolute atomic E-state index is 13.4. The number of barbiturate groups is 1. The Labute approximate surface area is 236 Å². The SMILES string of the molecule is CCOc1cc(/C=C2\C(=O)NC(=O)N(c3ccc4c(c3)OCO4)C2=O)cc(I)c1OCc1ccccc1C#N. The van der Waals surface area contributed by atoms with Crippen molar-refractivity contribution in [3.63, 3.8) is 0 Å². The summed E-state index contributed by atoms with van der Waals surface area (Å²) >= 11 is 2.08. The minimum absolute atomic E-state index is 0.0356. The molecule has 2 aliphatic heterocycles. The lowest BCUT2D eigenvalue weighted by molar-refractivity contribution is -0.122. The fraction of sp³-hybridized carbons (Fsp3) is 0.143. The van der Waals surface area contributed by atoms with Crippen LogP contribution < -0.4 is 29.2 Å². The van der Waals surface area contributed by atoms with Crippen molar-refractivity contribution in [1.29, 1.82) is 5.26 Å². The van der Waals surface area contributed by atoms with Crippen molar-refractivity contribution in [3.8, 4) is 29.1 Å². The van der Waals surface area contributed by atoms with Gasteiger partial charge in [-0.25, -0.2) is 9.69 Å². The highest BCUT2D eigenvalue weighted by atomic mass is 127. The average molecular weight is 637 g/mol. The summed E-state index contributed by atoms with van der Waals surface area (Å²) in [4.78, 5) is 39.5. The van der Waals surface area contributed by atoms with Crippen molar-refractivity contribution in [1.82, 2.24) is 5.32 Å². The first kappa shape index (κ1) is 26.1. The lowest BCUT2D eigenvalue weighted by Crippen LogP contribution is -2.54. The fourth-order valence-electron chi connectivity index (χ4n) is 4.06. The Morgan fingerprint density at radius 1 is 1.08 bits per heavy atom. The average Bonchev–Trinajstić information content (AvgIpc) is 3.39. The number of fused-ring (bicyclic) bond motifs is 1. The predicted octanol–water partition coefficient (Wildman–Crippen LogP) is 4.54. The quantitative estimate of drug-likeness (QED) is 0.228. The number of nitrogens with zero attached hydrogens (tertiary/aromatic N) is 2. The molecule has 0 spiro atoms. The van der Waals surface area contributed by atoms with Crippen LogP contribution in [0.5, 0.6) is 23.0 Å². The molecule has 0 atom stereocenters. The van der Waals surface area contributed by atoms with Crippen LogP contribution in [0.25, 0.3) is 6.08 Å². The molecule has 1 fully saturated rings. The Kier molecular flexibility index (Phi) is 7.38. The van der Waals surface area contributed by atoms with Gasteiger partial charge in [0.25, 0.3) is 11.8 Å². The van der Waals surface area contributed by atoms with E-state index in [0.717, 1.165) is 10.5 Å². The number of ether oxygens (including phenoxy) is 4. The van der Waals surface area contributed by atoms with Crippen LogP contribution in [0.3, 0.4) is 0 Å². The van der Waals surface area contributed by atoms with Gasteiger partial charge in [0.1, 0.15) is 12.2 Å². The molecule has 0 unspecified atom stereocenters. The standard InChI is InChI=1S/C28H20IN3O7/c1-2-36-24-11-16(10-21(29)25(24)37-14-18-6-4-3-5-17(18)13-30)9-20-26(33)31-28(35)32(27(20)34)19-7-8-22-23(12-19)39-15-38-22/h3-12H,2,14-15H2,1H3,(H,31,33,35)/b20-9+. The van der Waals surface area contributed by atoms with Crippen LogP contribution >= 0.6 is 22.6 Å². The van der Waals surface area contributed by atoms with Crippen molar-refractivity contribution in [2.24, 2.45) is 0 Å². The van der Waals surface area contributed by atoms with Crippen molar-refractivity contribution in [2.45, 2.75) is 13.5 Å². The molecule has 4 amide bonds. The van der Waals surface area contributed by atoms with Gasteiger partial charge in [0.05, 0.1) is 27.5 Å². The Morgan fingerprint density at radius 3 is 2.67 bits per heavy atom. The van der Waals surface area contributed by atoms with E-state index in [4.69, 9.17) is 18.9 Å². The number of hydrogen-bond acceptors (Lipinski definition) is 8. The Hall–Kier alpha value is -4.57. The molecule has 39 heavy (non-hydrogen) atoms. The Morgan fingerprint density at radius 2 is 1.87 bits per heavy atom. The number of nitriles is 1. The molecule has 0 aromatic heterocycles. The molecule has 10 nitrogen and oxygen atoms in total. The number of carbonyl (C=O) groups excluding carboxylic acids is 3. The van der Waals surface area contributed by atoms with E-state index < -0.39 is 17.8 Å². The summed E-state index contributed by atoms with van der Waals surface area (Å²) in [6.07, 6.45) is 1.39. The molecule has 0 saturated carbocycles. The van der Waals surface area contributed by atoms with Crippen LogP contribution in [0.15, 0.2) is 60.2 Å². The number of nitrogens with one attached hydrogen (secondary N) is 1. The van der Waals surface area contributed by atoms with Crippen LogP contribution in [0.4, 0.5) is 10.5 Å².